The zero-order valence-corrected chi connectivity index (χ0v) is 11.5. The Hall–Kier alpha value is -1.71. The van der Waals surface area contributed by atoms with E-state index in [2.05, 4.69) is 17.4 Å². The van der Waals surface area contributed by atoms with E-state index in [1.165, 1.54) is 17.2 Å². The fourth-order valence-electron chi connectivity index (χ4n) is 3.05. The van der Waals surface area contributed by atoms with Gasteiger partial charge in [0.2, 0.25) is 0 Å². The van der Waals surface area contributed by atoms with Crippen molar-refractivity contribution in [3.8, 4) is 0 Å². The Labute approximate surface area is 118 Å². The van der Waals surface area contributed by atoms with Gasteiger partial charge < -0.3 is 11.1 Å². The van der Waals surface area contributed by atoms with E-state index in [-0.39, 0.29) is 23.9 Å². The zero-order chi connectivity index (χ0) is 14.1. The molecule has 3 atom stereocenters. The third-order valence-electron chi connectivity index (χ3n) is 4.08. The zero-order valence-electron chi connectivity index (χ0n) is 11.5. The Morgan fingerprint density at radius 2 is 1.75 bits per heavy atom. The molecule has 3 heteroatoms. The molecule has 0 radical (unpaired) electrons. The molecule has 2 nitrogen and oxygen atoms in total. The van der Waals surface area contributed by atoms with E-state index in [1.807, 2.05) is 31.2 Å². The van der Waals surface area contributed by atoms with Gasteiger partial charge in [0, 0.05) is 23.7 Å². The fraction of sp³-hybridized carbons (Fsp3) is 0.294. The van der Waals surface area contributed by atoms with Crippen LogP contribution >= 0.6 is 0 Å². The largest absolute Gasteiger partial charge is 0.324 e. The minimum atomic E-state index is -0.164. The number of nitrogens with two attached hydrogens (primary N) is 1. The lowest BCUT2D eigenvalue weighted by Crippen LogP contribution is -2.24. The molecule has 20 heavy (non-hydrogen) atoms. The maximum Gasteiger partial charge on any atom is 0.127 e. The maximum atomic E-state index is 13.8. The molecule has 2 aromatic rings. The average Bonchev–Trinajstić information content (AvgIpc) is 2.76. The number of benzene rings is 2. The summed E-state index contributed by atoms with van der Waals surface area (Å²) in [5.41, 5.74) is 9.31. The summed E-state index contributed by atoms with van der Waals surface area (Å²) in [5.74, 6) is -0.164. The van der Waals surface area contributed by atoms with E-state index < -0.39 is 0 Å². The minimum Gasteiger partial charge on any atom is -0.324 e. The number of halogens is 1. The van der Waals surface area contributed by atoms with Crippen LogP contribution in [0.5, 0.6) is 0 Å². The van der Waals surface area contributed by atoms with Gasteiger partial charge in [-0.1, -0.05) is 42.5 Å². The van der Waals surface area contributed by atoms with Crippen molar-refractivity contribution >= 4 is 0 Å². The molecule has 0 aliphatic heterocycles. The van der Waals surface area contributed by atoms with Gasteiger partial charge in [-0.2, -0.15) is 0 Å². The van der Waals surface area contributed by atoms with Gasteiger partial charge in [0.25, 0.3) is 0 Å². The lowest BCUT2D eigenvalue weighted by Gasteiger charge is -2.21. The van der Waals surface area contributed by atoms with Crippen LogP contribution in [0.4, 0.5) is 4.39 Å². The maximum absolute atomic E-state index is 13.8. The Kier molecular flexibility index (Phi) is 3.55. The predicted molar refractivity (Wildman–Crippen MR) is 78.7 cm³/mol. The molecule has 0 amide bonds. The van der Waals surface area contributed by atoms with Crippen molar-refractivity contribution in [2.45, 2.75) is 31.5 Å². The first-order valence-corrected chi connectivity index (χ1v) is 7.01. The van der Waals surface area contributed by atoms with Crippen molar-refractivity contribution in [1.29, 1.82) is 0 Å². The van der Waals surface area contributed by atoms with Crippen LogP contribution in [0.1, 0.15) is 48.2 Å². The summed E-state index contributed by atoms with van der Waals surface area (Å²) in [6.45, 7) is 1.99. The molecule has 0 saturated heterocycles. The molecular weight excluding hydrogens is 251 g/mol. The van der Waals surface area contributed by atoms with Gasteiger partial charge in [0.15, 0.2) is 0 Å². The Bertz CT molecular complexity index is 611. The Morgan fingerprint density at radius 3 is 2.50 bits per heavy atom. The second-order valence-electron chi connectivity index (χ2n) is 5.43. The van der Waals surface area contributed by atoms with Gasteiger partial charge in [0.1, 0.15) is 5.82 Å². The highest BCUT2D eigenvalue weighted by atomic mass is 19.1. The summed E-state index contributed by atoms with van der Waals surface area (Å²) in [4.78, 5) is 0. The standard InChI is InChI=1S/C17H19FN2/c1-11(12-6-4-5-9-15(12)18)20-17-10-16(19)13-7-2-3-8-14(13)17/h2-9,11,16-17,20H,10,19H2,1H3/t11-,16?,17?/m1/s1. The summed E-state index contributed by atoms with van der Waals surface area (Å²) in [6, 6.07) is 15.4. The van der Waals surface area contributed by atoms with Crippen molar-refractivity contribution in [1.82, 2.24) is 5.32 Å². The monoisotopic (exact) mass is 270 g/mol. The number of nitrogens with one attached hydrogen (secondary N) is 1. The van der Waals surface area contributed by atoms with Crippen LogP contribution in [0.2, 0.25) is 0 Å². The van der Waals surface area contributed by atoms with Crippen LogP contribution in [-0.4, -0.2) is 0 Å². The van der Waals surface area contributed by atoms with E-state index in [9.17, 15) is 4.39 Å². The molecule has 2 unspecified atom stereocenters. The summed E-state index contributed by atoms with van der Waals surface area (Å²) in [6.07, 6.45) is 0.859. The molecular formula is C17H19FN2. The molecule has 104 valence electrons. The predicted octanol–water partition coefficient (Wildman–Crippen LogP) is 3.62. The first kappa shape index (κ1) is 13.3. The minimum absolute atomic E-state index is 0.0421. The average molecular weight is 270 g/mol. The van der Waals surface area contributed by atoms with Gasteiger partial charge >= 0.3 is 0 Å². The highest BCUT2D eigenvalue weighted by molar-refractivity contribution is 5.37. The van der Waals surface area contributed by atoms with Crippen molar-refractivity contribution < 1.29 is 4.39 Å². The topological polar surface area (TPSA) is 38.0 Å². The molecule has 0 saturated carbocycles. The molecule has 0 heterocycles. The van der Waals surface area contributed by atoms with E-state index in [4.69, 9.17) is 5.73 Å². The summed E-state index contributed by atoms with van der Waals surface area (Å²) >= 11 is 0. The van der Waals surface area contributed by atoms with Gasteiger partial charge in [-0.25, -0.2) is 4.39 Å². The lowest BCUT2D eigenvalue weighted by molar-refractivity contribution is 0.434. The van der Waals surface area contributed by atoms with E-state index in [0.717, 1.165) is 6.42 Å². The first-order chi connectivity index (χ1) is 9.66. The molecule has 1 aliphatic rings. The molecule has 2 aromatic carbocycles. The lowest BCUT2D eigenvalue weighted by atomic mass is 10.0. The Morgan fingerprint density at radius 1 is 1.10 bits per heavy atom. The summed E-state index contributed by atoms with van der Waals surface area (Å²) in [7, 11) is 0. The highest BCUT2D eigenvalue weighted by Gasteiger charge is 2.29. The van der Waals surface area contributed by atoms with E-state index in [0.29, 0.717) is 5.56 Å². The molecule has 3 N–H and O–H groups in total. The van der Waals surface area contributed by atoms with E-state index >= 15 is 0 Å². The van der Waals surface area contributed by atoms with Gasteiger partial charge in [-0.3, -0.25) is 0 Å². The summed E-state index contributed by atoms with van der Waals surface area (Å²) in [5, 5.41) is 3.50. The molecule has 0 aromatic heterocycles. The molecule has 0 bridgehead atoms. The quantitative estimate of drug-likeness (QED) is 0.894. The third-order valence-corrected chi connectivity index (χ3v) is 4.08. The normalized spacial score (nSPS) is 22.6. The van der Waals surface area contributed by atoms with Crippen molar-refractivity contribution in [3.05, 3.63) is 71.0 Å². The highest BCUT2D eigenvalue weighted by Crippen LogP contribution is 2.38. The number of rotatable bonds is 3. The van der Waals surface area contributed by atoms with Crippen molar-refractivity contribution in [2.75, 3.05) is 0 Å². The second-order valence-corrected chi connectivity index (χ2v) is 5.43. The number of hydrogen-bond acceptors (Lipinski definition) is 2. The first-order valence-electron chi connectivity index (χ1n) is 7.01. The van der Waals surface area contributed by atoms with Gasteiger partial charge in [0.05, 0.1) is 0 Å². The molecule has 0 spiro atoms. The number of fused-ring (bicyclic) bond motifs is 1. The van der Waals surface area contributed by atoms with Crippen molar-refractivity contribution in [3.63, 3.8) is 0 Å². The van der Waals surface area contributed by atoms with E-state index in [1.54, 1.807) is 6.07 Å². The molecule has 1 aliphatic carbocycles. The van der Waals surface area contributed by atoms with Crippen LogP contribution in [-0.2, 0) is 0 Å². The molecule has 0 fully saturated rings. The van der Waals surface area contributed by atoms with Crippen LogP contribution in [0.25, 0.3) is 0 Å². The van der Waals surface area contributed by atoms with Gasteiger partial charge in [-0.05, 0) is 30.5 Å². The van der Waals surface area contributed by atoms with Crippen molar-refractivity contribution in [2.24, 2.45) is 5.73 Å². The van der Waals surface area contributed by atoms with Crippen LogP contribution in [0.15, 0.2) is 48.5 Å². The van der Waals surface area contributed by atoms with Crippen LogP contribution in [0, 0.1) is 5.82 Å². The SMILES string of the molecule is C[C@@H](NC1CC(N)c2ccccc21)c1ccccc1F. The molecule has 3 rings (SSSR count). The van der Waals surface area contributed by atoms with Gasteiger partial charge in [-0.15, -0.1) is 0 Å². The fourth-order valence-corrected chi connectivity index (χ4v) is 3.05. The summed E-state index contributed by atoms with van der Waals surface area (Å²) < 4.78 is 13.8. The Balaban J connectivity index is 1.81. The van der Waals surface area contributed by atoms with Crippen LogP contribution in [0.3, 0.4) is 0 Å². The third kappa shape index (κ3) is 2.35. The smallest absolute Gasteiger partial charge is 0.127 e. The second kappa shape index (κ2) is 5.35. The number of hydrogen-bond donors (Lipinski definition) is 2. The van der Waals surface area contributed by atoms with Crippen LogP contribution < -0.4 is 11.1 Å².